The molecule has 0 spiro atoms. The molecule has 2 rings (SSSR count). The van der Waals surface area contributed by atoms with Gasteiger partial charge in [0.1, 0.15) is 11.6 Å². The summed E-state index contributed by atoms with van der Waals surface area (Å²) in [4.78, 5) is 15.0. The molecule has 1 aliphatic carbocycles. The number of nitrogens with one attached hydrogen (secondary N) is 1. The Kier molecular flexibility index (Phi) is 9.77. The van der Waals surface area contributed by atoms with Gasteiger partial charge in [0.15, 0.2) is 0 Å². The highest BCUT2D eigenvalue weighted by Gasteiger charge is 2.19. The highest BCUT2D eigenvalue weighted by atomic mass is 16.1. The zero-order valence-electron chi connectivity index (χ0n) is 18.5. The van der Waals surface area contributed by atoms with E-state index in [0.717, 1.165) is 63.6 Å². The Labute approximate surface area is 177 Å². The van der Waals surface area contributed by atoms with Crippen molar-refractivity contribution in [3.05, 3.63) is 46.7 Å². The Balaban J connectivity index is 2.12. The second-order valence-corrected chi connectivity index (χ2v) is 8.07. The van der Waals surface area contributed by atoms with Crippen LogP contribution in [0.3, 0.4) is 0 Å². The van der Waals surface area contributed by atoms with Gasteiger partial charge in [-0.2, -0.15) is 5.26 Å². The third-order valence-electron chi connectivity index (χ3n) is 5.76. The van der Waals surface area contributed by atoms with Crippen molar-refractivity contribution >= 4 is 5.91 Å². The van der Waals surface area contributed by atoms with Gasteiger partial charge in [0.2, 0.25) is 0 Å². The van der Waals surface area contributed by atoms with Gasteiger partial charge in [-0.3, -0.25) is 4.79 Å². The molecule has 1 aromatic rings. The van der Waals surface area contributed by atoms with Gasteiger partial charge in [-0.25, -0.2) is 0 Å². The molecular weight excluding hydrogens is 358 g/mol. The van der Waals surface area contributed by atoms with Gasteiger partial charge in [0.25, 0.3) is 5.91 Å². The minimum Gasteiger partial charge on any atom is -0.376 e. The first kappa shape index (κ1) is 23.0. The summed E-state index contributed by atoms with van der Waals surface area (Å²) in [7, 11) is 0. The van der Waals surface area contributed by atoms with Crippen molar-refractivity contribution in [2.75, 3.05) is 13.1 Å². The lowest BCUT2D eigenvalue weighted by atomic mass is 9.88. The Morgan fingerprint density at radius 1 is 1.14 bits per heavy atom. The van der Waals surface area contributed by atoms with E-state index in [1.54, 1.807) is 6.20 Å². The maximum Gasteiger partial charge on any atom is 0.263 e. The van der Waals surface area contributed by atoms with Crippen LogP contribution in [0, 0.1) is 11.3 Å². The summed E-state index contributed by atoms with van der Waals surface area (Å²) >= 11 is 0. The molecule has 0 radical (unpaired) electrons. The first-order valence-corrected chi connectivity index (χ1v) is 11.4. The Morgan fingerprint density at radius 2 is 1.79 bits per heavy atom. The molecule has 1 atom stereocenters. The highest BCUT2D eigenvalue weighted by molar-refractivity contribution is 5.97. The fourth-order valence-electron chi connectivity index (χ4n) is 3.91. The molecule has 0 heterocycles. The number of benzene rings is 1. The molecule has 1 aromatic carbocycles. The molecule has 0 bridgehead atoms. The van der Waals surface area contributed by atoms with Gasteiger partial charge in [0, 0.05) is 19.3 Å². The first-order chi connectivity index (χ1) is 14.1. The third-order valence-corrected chi connectivity index (χ3v) is 5.76. The summed E-state index contributed by atoms with van der Waals surface area (Å²) in [6.45, 7) is 8.16. The zero-order valence-corrected chi connectivity index (χ0v) is 18.5. The molecule has 29 heavy (non-hydrogen) atoms. The maximum absolute atomic E-state index is 12.9. The summed E-state index contributed by atoms with van der Waals surface area (Å²) in [5, 5.41) is 12.7. The lowest BCUT2D eigenvalue weighted by Gasteiger charge is -2.23. The number of hydrogen-bond acceptors (Lipinski definition) is 3. The van der Waals surface area contributed by atoms with E-state index in [2.05, 4.69) is 55.3 Å². The van der Waals surface area contributed by atoms with Crippen molar-refractivity contribution in [1.29, 1.82) is 5.26 Å². The van der Waals surface area contributed by atoms with E-state index in [0.29, 0.717) is 0 Å². The number of amides is 1. The van der Waals surface area contributed by atoms with Crippen LogP contribution in [0.2, 0.25) is 0 Å². The van der Waals surface area contributed by atoms with Gasteiger partial charge in [-0.05, 0) is 61.6 Å². The van der Waals surface area contributed by atoms with Crippen molar-refractivity contribution in [1.82, 2.24) is 10.2 Å². The fraction of sp³-hybridized carbons (Fsp3) is 0.600. The topological polar surface area (TPSA) is 56.1 Å². The maximum atomic E-state index is 12.9. The standard InChI is InChI=1S/C25H37N3O/c1-4-7-15-28(16-8-5-2)19-23(18-26)25(29)27-24(6-3)22-14-13-20-11-9-10-12-21(20)17-22/h13-14,17,19,24H,4-12,15-16H2,1-3H3,(H,27,29)/b23-19-. The molecule has 158 valence electrons. The van der Waals surface area contributed by atoms with Crippen LogP contribution in [0.4, 0.5) is 0 Å². The van der Waals surface area contributed by atoms with Crippen LogP contribution in [0.5, 0.6) is 0 Å². The number of carbonyl (C=O) groups is 1. The van der Waals surface area contributed by atoms with Crippen LogP contribution in [0.1, 0.15) is 88.4 Å². The molecular formula is C25H37N3O. The molecule has 1 N–H and O–H groups in total. The van der Waals surface area contributed by atoms with Crippen LogP contribution in [-0.2, 0) is 17.6 Å². The van der Waals surface area contributed by atoms with Crippen molar-refractivity contribution in [2.45, 2.75) is 84.6 Å². The van der Waals surface area contributed by atoms with Gasteiger partial charge < -0.3 is 10.2 Å². The van der Waals surface area contributed by atoms with Gasteiger partial charge in [-0.1, -0.05) is 51.8 Å². The van der Waals surface area contributed by atoms with Crippen molar-refractivity contribution in [3.8, 4) is 6.07 Å². The Hall–Kier alpha value is -2.28. The second kappa shape index (κ2) is 12.3. The molecule has 1 amide bonds. The second-order valence-electron chi connectivity index (χ2n) is 8.07. The van der Waals surface area contributed by atoms with Gasteiger partial charge >= 0.3 is 0 Å². The molecule has 4 heteroatoms. The molecule has 4 nitrogen and oxygen atoms in total. The largest absolute Gasteiger partial charge is 0.376 e. The Bertz CT molecular complexity index is 724. The normalized spacial score (nSPS) is 14.6. The lowest BCUT2D eigenvalue weighted by Crippen LogP contribution is -2.31. The van der Waals surface area contributed by atoms with E-state index >= 15 is 0 Å². The monoisotopic (exact) mass is 395 g/mol. The fourth-order valence-corrected chi connectivity index (χ4v) is 3.91. The Morgan fingerprint density at radius 3 is 2.38 bits per heavy atom. The van der Waals surface area contributed by atoms with E-state index in [-0.39, 0.29) is 17.5 Å². The average Bonchev–Trinajstić information content (AvgIpc) is 2.76. The number of unbranched alkanes of at least 4 members (excludes halogenated alkanes) is 2. The number of fused-ring (bicyclic) bond motifs is 1. The number of rotatable bonds is 11. The van der Waals surface area contributed by atoms with E-state index < -0.39 is 0 Å². The predicted octanol–water partition coefficient (Wildman–Crippen LogP) is 5.44. The lowest BCUT2D eigenvalue weighted by molar-refractivity contribution is -0.117. The molecule has 0 fully saturated rings. The smallest absolute Gasteiger partial charge is 0.263 e. The van der Waals surface area contributed by atoms with E-state index in [1.807, 2.05) is 0 Å². The highest BCUT2D eigenvalue weighted by Crippen LogP contribution is 2.26. The molecule has 0 saturated heterocycles. The summed E-state index contributed by atoms with van der Waals surface area (Å²) < 4.78 is 0. The number of carbonyl (C=O) groups excluding carboxylic acids is 1. The molecule has 0 aromatic heterocycles. The summed E-state index contributed by atoms with van der Waals surface area (Å²) in [5.41, 5.74) is 4.21. The van der Waals surface area contributed by atoms with Gasteiger partial charge in [-0.15, -0.1) is 0 Å². The van der Waals surface area contributed by atoms with Crippen molar-refractivity contribution in [2.24, 2.45) is 0 Å². The first-order valence-electron chi connectivity index (χ1n) is 11.4. The summed E-state index contributed by atoms with van der Waals surface area (Å²) in [5.74, 6) is -0.268. The summed E-state index contributed by atoms with van der Waals surface area (Å²) in [6, 6.07) is 8.68. The van der Waals surface area contributed by atoms with Crippen LogP contribution in [0.15, 0.2) is 30.0 Å². The SMILES string of the molecule is CCCCN(/C=C(/C#N)C(=O)NC(CC)c1ccc2c(c1)CCCC2)CCCC. The van der Waals surface area contributed by atoms with Crippen LogP contribution in [-0.4, -0.2) is 23.9 Å². The number of hydrogen-bond donors (Lipinski definition) is 1. The van der Waals surface area contributed by atoms with Gasteiger partial charge in [0.05, 0.1) is 6.04 Å². The number of aryl methyl sites for hydroxylation is 2. The summed E-state index contributed by atoms with van der Waals surface area (Å²) in [6.07, 6.45) is 11.7. The minimum atomic E-state index is -0.268. The third kappa shape index (κ3) is 6.92. The molecule has 0 saturated carbocycles. The zero-order chi connectivity index (χ0) is 21.1. The van der Waals surface area contributed by atoms with Crippen molar-refractivity contribution in [3.63, 3.8) is 0 Å². The van der Waals surface area contributed by atoms with Crippen LogP contribution < -0.4 is 5.32 Å². The predicted molar refractivity (Wildman–Crippen MR) is 119 cm³/mol. The average molecular weight is 396 g/mol. The van der Waals surface area contributed by atoms with Crippen molar-refractivity contribution < 1.29 is 4.79 Å². The molecule has 0 aliphatic heterocycles. The number of nitriles is 1. The molecule has 1 unspecified atom stereocenters. The van der Waals surface area contributed by atoms with Crippen LogP contribution in [0.25, 0.3) is 0 Å². The van der Waals surface area contributed by atoms with E-state index in [4.69, 9.17) is 0 Å². The molecule has 1 aliphatic rings. The van der Waals surface area contributed by atoms with E-state index in [1.165, 1.54) is 24.0 Å². The number of nitrogens with zero attached hydrogens (tertiary/aromatic N) is 2. The van der Waals surface area contributed by atoms with E-state index in [9.17, 15) is 10.1 Å². The van der Waals surface area contributed by atoms with Crippen LogP contribution >= 0.6 is 0 Å². The minimum absolute atomic E-state index is 0.0637. The quantitative estimate of drug-likeness (QED) is 0.401.